The molecular weight excluding hydrogens is 202 g/mol. The van der Waals surface area contributed by atoms with Crippen LogP contribution in [0.5, 0.6) is 0 Å². The Morgan fingerprint density at radius 1 is 1.64 bits per heavy atom. The number of aliphatic carboxylic acids is 1. The number of thioether (sulfide) groups is 1. The fourth-order valence-corrected chi connectivity index (χ4v) is 1.30. The number of hydrogen-bond donors (Lipinski definition) is 3. The molecule has 82 valence electrons. The predicted octanol–water partition coefficient (Wildman–Crippen LogP) is 0.246. The fraction of sp³-hybridized carbons (Fsp3) is 0.750. The Bertz CT molecular complexity index is 209. The van der Waals surface area contributed by atoms with Crippen LogP contribution in [0, 0.1) is 0 Å². The highest BCUT2D eigenvalue weighted by molar-refractivity contribution is 8.13. The van der Waals surface area contributed by atoms with Gasteiger partial charge in [0, 0.05) is 6.54 Å². The third-order valence-corrected chi connectivity index (χ3v) is 2.26. The lowest BCUT2D eigenvalue weighted by Gasteiger charge is -2.03. The lowest BCUT2D eigenvalue weighted by molar-refractivity contribution is -0.138. The molecule has 5 N–H and O–H groups in total. The fourth-order valence-electron chi connectivity index (χ4n) is 0.817. The molecule has 5 nitrogen and oxygen atoms in total. The third-order valence-electron chi connectivity index (χ3n) is 1.55. The van der Waals surface area contributed by atoms with Gasteiger partial charge in [-0.1, -0.05) is 18.7 Å². The highest BCUT2D eigenvalue weighted by Crippen LogP contribution is 2.00. The van der Waals surface area contributed by atoms with Crippen LogP contribution in [0.4, 0.5) is 0 Å². The molecule has 0 aromatic rings. The van der Waals surface area contributed by atoms with Gasteiger partial charge >= 0.3 is 5.97 Å². The summed E-state index contributed by atoms with van der Waals surface area (Å²) in [7, 11) is 0. The van der Waals surface area contributed by atoms with Crippen molar-refractivity contribution in [3.05, 3.63) is 0 Å². The lowest BCUT2D eigenvalue weighted by atomic mass is 10.2. The van der Waals surface area contributed by atoms with E-state index in [1.807, 2.05) is 6.92 Å². The van der Waals surface area contributed by atoms with Crippen molar-refractivity contribution >= 4 is 22.9 Å². The summed E-state index contributed by atoms with van der Waals surface area (Å²) in [6.45, 7) is 2.53. The van der Waals surface area contributed by atoms with E-state index in [4.69, 9.17) is 16.6 Å². The first-order chi connectivity index (χ1) is 6.57. The first-order valence-electron chi connectivity index (χ1n) is 4.49. The van der Waals surface area contributed by atoms with Gasteiger partial charge in [-0.25, -0.2) is 0 Å². The van der Waals surface area contributed by atoms with E-state index < -0.39 is 12.0 Å². The van der Waals surface area contributed by atoms with E-state index in [1.54, 1.807) is 0 Å². The van der Waals surface area contributed by atoms with Gasteiger partial charge in [0.1, 0.15) is 6.04 Å². The van der Waals surface area contributed by atoms with E-state index in [1.165, 1.54) is 11.8 Å². The van der Waals surface area contributed by atoms with Gasteiger partial charge in [-0.05, 0) is 18.6 Å². The van der Waals surface area contributed by atoms with Crippen LogP contribution in [-0.4, -0.2) is 34.6 Å². The van der Waals surface area contributed by atoms with Crippen molar-refractivity contribution in [1.29, 1.82) is 0 Å². The maximum Gasteiger partial charge on any atom is 0.320 e. The maximum absolute atomic E-state index is 10.3. The van der Waals surface area contributed by atoms with Gasteiger partial charge in [0.05, 0.1) is 0 Å². The number of rotatable bonds is 6. The Balaban J connectivity index is 3.55. The number of amidine groups is 1. The standard InChI is InChI=1S/C8H17N3O2S/c1-2-14-8(10)11-5-3-4-6(9)7(12)13/h6H,2-5,9H2,1H3,(H2,10,11)(H,12,13)/t6-/m0/s1. The van der Waals surface area contributed by atoms with Crippen LogP contribution >= 0.6 is 11.8 Å². The van der Waals surface area contributed by atoms with Crippen LogP contribution < -0.4 is 11.5 Å². The summed E-state index contributed by atoms with van der Waals surface area (Å²) in [6.07, 6.45) is 1.08. The van der Waals surface area contributed by atoms with Gasteiger partial charge in [0.2, 0.25) is 0 Å². The highest BCUT2D eigenvalue weighted by Gasteiger charge is 2.09. The van der Waals surface area contributed by atoms with Crippen molar-refractivity contribution in [3.63, 3.8) is 0 Å². The predicted molar refractivity (Wildman–Crippen MR) is 59.5 cm³/mol. The second kappa shape index (κ2) is 7.64. The molecule has 0 spiro atoms. The van der Waals surface area contributed by atoms with Crippen LogP contribution in [0.3, 0.4) is 0 Å². The summed E-state index contributed by atoms with van der Waals surface area (Å²) < 4.78 is 0. The Kier molecular flexibility index (Phi) is 7.23. The normalized spacial score (nSPS) is 14.0. The molecule has 0 aliphatic heterocycles. The molecule has 0 aromatic carbocycles. The lowest BCUT2D eigenvalue weighted by Crippen LogP contribution is -2.30. The van der Waals surface area contributed by atoms with Crippen molar-refractivity contribution in [1.82, 2.24) is 0 Å². The molecule has 6 heteroatoms. The van der Waals surface area contributed by atoms with Crippen LogP contribution in [0.15, 0.2) is 4.99 Å². The highest BCUT2D eigenvalue weighted by atomic mass is 32.2. The second-order valence-corrected chi connectivity index (χ2v) is 4.02. The van der Waals surface area contributed by atoms with E-state index in [0.29, 0.717) is 24.6 Å². The van der Waals surface area contributed by atoms with Crippen LogP contribution in [-0.2, 0) is 4.79 Å². The van der Waals surface area contributed by atoms with E-state index >= 15 is 0 Å². The minimum Gasteiger partial charge on any atom is -0.480 e. The number of carbonyl (C=O) groups is 1. The topological polar surface area (TPSA) is 102 Å². The molecule has 0 aliphatic rings. The molecule has 1 atom stereocenters. The Morgan fingerprint density at radius 3 is 2.79 bits per heavy atom. The van der Waals surface area contributed by atoms with Gasteiger partial charge in [-0.15, -0.1) is 0 Å². The number of aliphatic imine (C=N–C) groups is 1. The Morgan fingerprint density at radius 2 is 2.29 bits per heavy atom. The monoisotopic (exact) mass is 219 g/mol. The van der Waals surface area contributed by atoms with Crippen LogP contribution in [0.1, 0.15) is 19.8 Å². The zero-order chi connectivity index (χ0) is 11.0. The summed E-state index contributed by atoms with van der Waals surface area (Å²) >= 11 is 1.48. The van der Waals surface area contributed by atoms with Gasteiger partial charge in [0.25, 0.3) is 0 Å². The molecular formula is C8H17N3O2S. The molecule has 0 saturated carbocycles. The number of hydrogen-bond acceptors (Lipinski definition) is 4. The number of carboxylic acids is 1. The van der Waals surface area contributed by atoms with Crippen molar-refractivity contribution in [2.75, 3.05) is 12.3 Å². The van der Waals surface area contributed by atoms with E-state index in [9.17, 15) is 4.79 Å². The van der Waals surface area contributed by atoms with Crippen LogP contribution in [0.2, 0.25) is 0 Å². The van der Waals surface area contributed by atoms with Gasteiger partial charge in [0.15, 0.2) is 5.17 Å². The Hall–Kier alpha value is -0.750. The molecule has 0 fully saturated rings. The van der Waals surface area contributed by atoms with E-state index in [0.717, 1.165) is 5.75 Å². The summed E-state index contributed by atoms with van der Waals surface area (Å²) in [5.74, 6) is -0.0749. The Labute approximate surface area is 87.9 Å². The van der Waals surface area contributed by atoms with Crippen molar-refractivity contribution in [3.8, 4) is 0 Å². The molecule has 0 rings (SSSR count). The molecule has 0 bridgehead atoms. The zero-order valence-electron chi connectivity index (χ0n) is 8.27. The second-order valence-electron chi connectivity index (χ2n) is 2.74. The molecule has 14 heavy (non-hydrogen) atoms. The average Bonchev–Trinajstić information content (AvgIpc) is 2.12. The molecule has 0 amide bonds. The zero-order valence-corrected chi connectivity index (χ0v) is 9.09. The molecule has 0 unspecified atom stereocenters. The van der Waals surface area contributed by atoms with Gasteiger partial charge < -0.3 is 16.6 Å². The first-order valence-corrected chi connectivity index (χ1v) is 5.47. The summed E-state index contributed by atoms with van der Waals surface area (Å²) in [5, 5.41) is 9.04. The molecule has 0 aliphatic carbocycles. The minimum atomic E-state index is -0.968. The molecule has 0 aromatic heterocycles. The quantitative estimate of drug-likeness (QED) is 0.337. The van der Waals surface area contributed by atoms with Gasteiger partial charge in [-0.3, -0.25) is 9.79 Å². The van der Waals surface area contributed by atoms with Crippen molar-refractivity contribution in [2.45, 2.75) is 25.8 Å². The van der Waals surface area contributed by atoms with Crippen LogP contribution in [0.25, 0.3) is 0 Å². The maximum atomic E-state index is 10.3. The first kappa shape index (κ1) is 13.2. The smallest absolute Gasteiger partial charge is 0.320 e. The molecule has 0 radical (unpaired) electrons. The SMILES string of the molecule is CCSC(N)=NCCC[C@H](N)C(=O)O. The molecule has 0 saturated heterocycles. The summed E-state index contributed by atoms with van der Waals surface area (Å²) in [6, 6.07) is -0.787. The number of nitrogens with two attached hydrogens (primary N) is 2. The molecule has 0 heterocycles. The van der Waals surface area contributed by atoms with E-state index in [-0.39, 0.29) is 0 Å². The van der Waals surface area contributed by atoms with Crippen molar-refractivity contribution in [2.24, 2.45) is 16.5 Å². The average molecular weight is 219 g/mol. The number of nitrogens with zero attached hydrogens (tertiary/aromatic N) is 1. The summed E-state index contributed by atoms with van der Waals surface area (Å²) in [4.78, 5) is 14.4. The minimum absolute atomic E-state index is 0.433. The van der Waals surface area contributed by atoms with Gasteiger partial charge in [-0.2, -0.15) is 0 Å². The third kappa shape index (κ3) is 6.73. The van der Waals surface area contributed by atoms with E-state index in [2.05, 4.69) is 4.99 Å². The largest absolute Gasteiger partial charge is 0.480 e. The summed E-state index contributed by atoms with van der Waals surface area (Å²) in [5.41, 5.74) is 10.8. The number of carboxylic acid groups (broad SMARTS) is 1. The van der Waals surface area contributed by atoms with Crippen molar-refractivity contribution < 1.29 is 9.90 Å².